The molecule has 0 aliphatic carbocycles. The number of nitrogens with one attached hydrogen (secondary N) is 1. The van der Waals surface area contributed by atoms with Crippen LogP contribution in [0.25, 0.3) is 0 Å². The van der Waals surface area contributed by atoms with E-state index >= 15 is 0 Å². The van der Waals surface area contributed by atoms with E-state index in [2.05, 4.69) is 5.32 Å². The van der Waals surface area contributed by atoms with Crippen molar-refractivity contribution in [2.75, 3.05) is 20.1 Å². The van der Waals surface area contributed by atoms with Crippen LogP contribution < -0.4 is 10.9 Å². The fourth-order valence-corrected chi connectivity index (χ4v) is 4.41. The van der Waals surface area contributed by atoms with Crippen LogP contribution in [0.2, 0.25) is 0 Å². The SMILES string of the molecule is CNC(=O)c1cc(C(=O)CCCC2CCN(C(=O)OC(C)(C)C)CC2)cn(Cc2ccccc2)c1=O. The van der Waals surface area contributed by atoms with E-state index < -0.39 is 17.1 Å². The highest BCUT2D eigenvalue weighted by Gasteiger charge is 2.27. The number of hydrogen-bond acceptors (Lipinski definition) is 5. The Labute approximate surface area is 212 Å². The molecule has 0 saturated carbocycles. The lowest BCUT2D eigenvalue weighted by atomic mass is 9.91. The van der Waals surface area contributed by atoms with Gasteiger partial charge in [0.2, 0.25) is 0 Å². The van der Waals surface area contributed by atoms with E-state index in [-0.39, 0.29) is 24.0 Å². The lowest BCUT2D eigenvalue weighted by Gasteiger charge is -2.33. The number of ether oxygens (including phenoxy) is 1. The standard InChI is InChI=1S/C28H37N3O5/c1-28(2,3)36-27(35)30-15-13-20(14-16-30)11-8-12-24(32)22-17-23(25(33)29-4)26(34)31(19-22)18-21-9-6-5-7-10-21/h5-7,9-10,17,19-20H,8,11-16,18H2,1-4H3,(H,29,33). The van der Waals surface area contributed by atoms with Crippen molar-refractivity contribution in [2.45, 2.75) is 65.0 Å². The second-order valence-electron chi connectivity index (χ2n) is 10.4. The molecule has 1 fully saturated rings. The summed E-state index contributed by atoms with van der Waals surface area (Å²) < 4.78 is 6.88. The smallest absolute Gasteiger partial charge is 0.410 e. The molecule has 1 aliphatic heterocycles. The number of carbonyl (C=O) groups is 3. The molecule has 194 valence electrons. The number of Topliss-reactive ketones (excluding diaryl/α,β-unsaturated/α-hetero) is 1. The molecule has 0 atom stereocenters. The molecule has 2 heterocycles. The highest BCUT2D eigenvalue weighted by Crippen LogP contribution is 2.24. The lowest BCUT2D eigenvalue weighted by Crippen LogP contribution is -2.41. The topological polar surface area (TPSA) is 97.7 Å². The summed E-state index contributed by atoms with van der Waals surface area (Å²) in [7, 11) is 1.46. The van der Waals surface area contributed by atoms with E-state index in [0.717, 1.165) is 24.8 Å². The first-order valence-corrected chi connectivity index (χ1v) is 12.6. The van der Waals surface area contributed by atoms with E-state index in [9.17, 15) is 19.2 Å². The Morgan fingerprint density at radius 3 is 2.36 bits per heavy atom. The van der Waals surface area contributed by atoms with Crippen molar-refractivity contribution < 1.29 is 19.1 Å². The van der Waals surface area contributed by atoms with Crippen molar-refractivity contribution in [3.05, 3.63) is 69.6 Å². The molecule has 1 aromatic heterocycles. The third kappa shape index (κ3) is 7.54. The Hall–Kier alpha value is -3.42. The van der Waals surface area contributed by atoms with E-state index in [1.54, 1.807) is 11.1 Å². The molecule has 1 aromatic carbocycles. The van der Waals surface area contributed by atoms with Crippen molar-refractivity contribution in [3.63, 3.8) is 0 Å². The van der Waals surface area contributed by atoms with Crippen LogP contribution in [0, 0.1) is 5.92 Å². The maximum absolute atomic E-state index is 13.0. The predicted octanol–water partition coefficient (Wildman–Crippen LogP) is 4.26. The van der Waals surface area contributed by atoms with Gasteiger partial charge in [0.05, 0.1) is 6.54 Å². The van der Waals surface area contributed by atoms with E-state index in [1.807, 2.05) is 51.1 Å². The third-order valence-corrected chi connectivity index (χ3v) is 6.36. The van der Waals surface area contributed by atoms with Gasteiger partial charge >= 0.3 is 6.09 Å². The van der Waals surface area contributed by atoms with Crippen molar-refractivity contribution in [3.8, 4) is 0 Å². The molecule has 1 saturated heterocycles. The number of aromatic nitrogens is 1. The molecule has 3 rings (SSSR count). The van der Waals surface area contributed by atoms with Gasteiger partial charge in [-0.15, -0.1) is 0 Å². The molecular formula is C28H37N3O5. The number of ketones is 1. The van der Waals surface area contributed by atoms with Gasteiger partial charge in [-0.1, -0.05) is 30.3 Å². The molecular weight excluding hydrogens is 458 g/mol. The van der Waals surface area contributed by atoms with E-state index in [1.165, 1.54) is 17.7 Å². The molecule has 0 spiro atoms. The lowest BCUT2D eigenvalue weighted by molar-refractivity contribution is 0.0180. The van der Waals surface area contributed by atoms with Gasteiger partial charge in [-0.3, -0.25) is 14.4 Å². The Morgan fingerprint density at radius 2 is 1.75 bits per heavy atom. The fourth-order valence-electron chi connectivity index (χ4n) is 4.41. The Kier molecular flexibility index (Phi) is 9.07. The molecule has 2 aromatic rings. The predicted molar refractivity (Wildman–Crippen MR) is 138 cm³/mol. The van der Waals surface area contributed by atoms with Crippen LogP contribution in [-0.4, -0.2) is 53.0 Å². The minimum absolute atomic E-state index is 0.0335. The molecule has 8 heteroatoms. The van der Waals surface area contributed by atoms with Crippen LogP contribution in [0.4, 0.5) is 4.79 Å². The second kappa shape index (κ2) is 12.0. The van der Waals surface area contributed by atoms with Gasteiger partial charge in [0.25, 0.3) is 11.5 Å². The maximum atomic E-state index is 13.0. The number of likely N-dealkylation sites (tertiary alicyclic amines) is 1. The number of carbonyl (C=O) groups excluding carboxylic acids is 3. The number of amides is 2. The maximum Gasteiger partial charge on any atom is 0.410 e. The highest BCUT2D eigenvalue weighted by atomic mass is 16.6. The van der Waals surface area contributed by atoms with E-state index in [4.69, 9.17) is 4.74 Å². The quantitative estimate of drug-likeness (QED) is 0.552. The van der Waals surface area contributed by atoms with E-state index in [0.29, 0.717) is 37.4 Å². The second-order valence-corrected chi connectivity index (χ2v) is 10.4. The van der Waals surface area contributed by atoms with Gasteiger partial charge in [0.1, 0.15) is 11.2 Å². The Balaban J connectivity index is 1.59. The average molecular weight is 496 g/mol. The van der Waals surface area contributed by atoms with Crippen molar-refractivity contribution in [1.29, 1.82) is 0 Å². The summed E-state index contributed by atoms with van der Waals surface area (Å²) in [5.41, 5.74) is 0.309. The zero-order chi connectivity index (χ0) is 26.3. The third-order valence-electron chi connectivity index (χ3n) is 6.36. The number of nitrogens with zero attached hydrogens (tertiary/aromatic N) is 2. The van der Waals surface area contributed by atoms with Crippen LogP contribution in [0.5, 0.6) is 0 Å². The number of hydrogen-bond donors (Lipinski definition) is 1. The van der Waals surface area contributed by atoms with Crippen LogP contribution in [0.3, 0.4) is 0 Å². The minimum Gasteiger partial charge on any atom is -0.444 e. The first kappa shape index (κ1) is 27.2. The van der Waals surface area contributed by atoms with Gasteiger partial charge < -0.3 is 19.5 Å². The molecule has 0 unspecified atom stereocenters. The first-order valence-electron chi connectivity index (χ1n) is 12.6. The van der Waals surface area contributed by atoms with Gasteiger partial charge in [-0.05, 0) is 64.0 Å². The summed E-state index contributed by atoms with van der Waals surface area (Å²) >= 11 is 0. The number of rotatable bonds is 8. The van der Waals surface area contributed by atoms with Crippen LogP contribution in [-0.2, 0) is 11.3 Å². The summed E-state index contributed by atoms with van der Waals surface area (Å²) in [5.74, 6) is -0.147. The van der Waals surface area contributed by atoms with Crippen molar-refractivity contribution >= 4 is 17.8 Å². The first-order chi connectivity index (χ1) is 17.1. The Morgan fingerprint density at radius 1 is 1.08 bits per heavy atom. The van der Waals surface area contributed by atoms with Crippen LogP contribution >= 0.6 is 0 Å². The summed E-state index contributed by atoms with van der Waals surface area (Å²) in [4.78, 5) is 52.2. The summed E-state index contributed by atoms with van der Waals surface area (Å²) in [6.45, 7) is 7.18. The van der Waals surface area contributed by atoms with Crippen molar-refractivity contribution in [2.24, 2.45) is 5.92 Å². The molecule has 1 N–H and O–H groups in total. The van der Waals surface area contributed by atoms with Gasteiger partial charge in [-0.25, -0.2) is 4.79 Å². The molecule has 8 nitrogen and oxygen atoms in total. The zero-order valence-corrected chi connectivity index (χ0v) is 21.7. The summed E-state index contributed by atoms with van der Waals surface area (Å²) in [5, 5.41) is 2.49. The molecule has 0 bridgehead atoms. The van der Waals surface area contributed by atoms with Crippen LogP contribution in [0.1, 0.15) is 79.2 Å². The van der Waals surface area contributed by atoms with Gasteiger partial charge in [0.15, 0.2) is 5.78 Å². The van der Waals surface area contributed by atoms with Crippen LogP contribution in [0.15, 0.2) is 47.4 Å². The fraction of sp³-hybridized carbons (Fsp3) is 0.500. The normalized spacial score (nSPS) is 14.4. The highest BCUT2D eigenvalue weighted by molar-refractivity contribution is 6.00. The summed E-state index contributed by atoms with van der Waals surface area (Å²) in [6.07, 6.45) is 5.00. The molecule has 2 amide bonds. The molecule has 1 aliphatic rings. The average Bonchev–Trinajstić information content (AvgIpc) is 2.84. The number of piperidine rings is 1. The molecule has 0 radical (unpaired) electrons. The minimum atomic E-state index is -0.506. The van der Waals surface area contributed by atoms with Gasteiger partial charge in [-0.2, -0.15) is 0 Å². The Bertz CT molecular complexity index is 1130. The van der Waals surface area contributed by atoms with Gasteiger partial charge in [0, 0.05) is 38.3 Å². The zero-order valence-electron chi connectivity index (χ0n) is 21.7. The summed E-state index contributed by atoms with van der Waals surface area (Å²) in [6, 6.07) is 10.9. The largest absolute Gasteiger partial charge is 0.444 e. The molecule has 36 heavy (non-hydrogen) atoms. The number of benzene rings is 1. The van der Waals surface area contributed by atoms with Crippen molar-refractivity contribution in [1.82, 2.24) is 14.8 Å². The monoisotopic (exact) mass is 495 g/mol. The number of pyridine rings is 1.